The van der Waals surface area contributed by atoms with Crippen molar-refractivity contribution >= 4 is 38.9 Å². The number of para-hydroxylation sites is 2. The number of piperazine rings is 1. The van der Waals surface area contributed by atoms with Gasteiger partial charge in [-0.05, 0) is 43.4 Å². The lowest BCUT2D eigenvalue weighted by Gasteiger charge is -2.34. The molecule has 152 valence electrons. The molecule has 1 fully saturated rings. The van der Waals surface area contributed by atoms with Gasteiger partial charge in [-0.15, -0.1) is 0 Å². The highest BCUT2D eigenvalue weighted by atomic mass is 16.5. The lowest BCUT2D eigenvalue weighted by molar-refractivity contribution is 0.313. The third-order valence-electron chi connectivity index (χ3n) is 5.90. The minimum Gasteiger partial charge on any atom is -0.494 e. The Morgan fingerprint density at radius 1 is 0.833 bits per heavy atom. The average molecular weight is 399 g/mol. The Bertz CT molecular complexity index is 1180. The number of rotatable bonds is 4. The van der Waals surface area contributed by atoms with Gasteiger partial charge in [0.25, 0.3) is 0 Å². The normalized spacial score (nSPS) is 14.9. The van der Waals surface area contributed by atoms with Gasteiger partial charge in [0.2, 0.25) is 0 Å². The minimum absolute atomic E-state index is 0.784. The van der Waals surface area contributed by atoms with Crippen molar-refractivity contribution in [1.29, 1.82) is 0 Å². The summed E-state index contributed by atoms with van der Waals surface area (Å²) in [6.45, 7) is 4.36. The van der Waals surface area contributed by atoms with Crippen LogP contribution >= 0.6 is 0 Å². The molecule has 0 radical (unpaired) electrons. The zero-order chi connectivity index (χ0) is 20.5. The Morgan fingerprint density at radius 2 is 1.57 bits per heavy atom. The molecule has 0 spiro atoms. The Labute approximate surface area is 176 Å². The first-order valence-electron chi connectivity index (χ1n) is 10.4. The van der Waals surface area contributed by atoms with Crippen LogP contribution in [0.3, 0.4) is 0 Å². The largest absolute Gasteiger partial charge is 0.494 e. The highest BCUT2D eigenvalue weighted by Gasteiger charge is 2.15. The molecule has 5 rings (SSSR count). The maximum atomic E-state index is 5.57. The zero-order valence-electron chi connectivity index (χ0n) is 17.4. The molecule has 0 amide bonds. The minimum atomic E-state index is 0.784. The van der Waals surface area contributed by atoms with Crippen LogP contribution < -0.4 is 15.0 Å². The average Bonchev–Trinajstić information content (AvgIpc) is 2.79. The number of nitrogens with zero attached hydrogens (tertiary/aromatic N) is 3. The molecule has 0 aliphatic carbocycles. The molecule has 1 N–H and O–H groups in total. The SMILES string of the molecule is COc1cccc2c(Nc3ccc(N4CCN(C)CC4)cc3)c3ccccc3nc12. The Kier molecular flexibility index (Phi) is 4.89. The molecule has 1 aliphatic heterocycles. The molecular formula is C25H26N4O. The summed E-state index contributed by atoms with van der Waals surface area (Å²) in [6, 6.07) is 23.0. The van der Waals surface area contributed by atoms with Gasteiger partial charge < -0.3 is 19.9 Å². The van der Waals surface area contributed by atoms with Crippen molar-refractivity contribution in [3.63, 3.8) is 0 Å². The van der Waals surface area contributed by atoms with Crippen molar-refractivity contribution in [3.8, 4) is 5.75 Å². The monoisotopic (exact) mass is 398 g/mol. The van der Waals surface area contributed by atoms with Gasteiger partial charge in [-0.25, -0.2) is 4.98 Å². The predicted molar refractivity (Wildman–Crippen MR) is 125 cm³/mol. The van der Waals surface area contributed by atoms with Gasteiger partial charge >= 0.3 is 0 Å². The molecule has 3 aromatic carbocycles. The molecule has 30 heavy (non-hydrogen) atoms. The Morgan fingerprint density at radius 3 is 2.33 bits per heavy atom. The van der Waals surface area contributed by atoms with Crippen molar-refractivity contribution < 1.29 is 4.74 Å². The molecule has 4 aromatic rings. The fraction of sp³-hybridized carbons (Fsp3) is 0.240. The van der Waals surface area contributed by atoms with Crippen LogP contribution in [-0.4, -0.2) is 50.2 Å². The standard InChI is InChI=1S/C25H26N4O/c1-28-14-16-29(17-15-28)19-12-10-18(11-13-19)26-24-20-6-3-4-8-22(20)27-25-21(24)7-5-9-23(25)30-2/h3-13H,14-17H2,1-2H3,(H,26,27). The summed E-state index contributed by atoms with van der Waals surface area (Å²) >= 11 is 0. The first-order chi connectivity index (χ1) is 14.7. The Balaban J connectivity index is 1.53. The number of aromatic nitrogens is 1. The summed E-state index contributed by atoms with van der Waals surface area (Å²) in [4.78, 5) is 9.68. The van der Waals surface area contributed by atoms with E-state index in [9.17, 15) is 0 Å². The van der Waals surface area contributed by atoms with Gasteiger partial charge in [0.05, 0.1) is 18.3 Å². The lowest BCUT2D eigenvalue weighted by Crippen LogP contribution is -2.44. The molecule has 0 saturated carbocycles. The van der Waals surface area contributed by atoms with E-state index in [2.05, 4.69) is 64.6 Å². The molecule has 0 bridgehead atoms. The van der Waals surface area contributed by atoms with E-state index >= 15 is 0 Å². The molecule has 1 aromatic heterocycles. The van der Waals surface area contributed by atoms with Gasteiger partial charge in [0.1, 0.15) is 11.3 Å². The van der Waals surface area contributed by atoms with Crippen LogP contribution in [0, 0.1) is 0 Å². The number of pyridine rings is 1. The van der Waals surface area contributed by atoms with E-state index in [1.165, 1.54) is 5.69 Å². The molecule has 0 atom stereocenters. The third-order valence-corrected chi connectivity index (χ3v) is 5.90. The van der Waals surface area contributed by atoms with Crippen molar-refractivity contribution in [1.82, 2.24) is 9.88 Å². The maximum Gasteiger partial charge on any atom is 0.145 e. The van der Waals surface area contributed by atoms with E-state index in [1.54, 1.807) is 7.11 Å². The van der Waals surface area contributed by atoms with E-state index < -0.39 is 0 Å². The van der Waals surface area contributed by atoms with E-state index in [1.807, 2.05) is 24.3 Å². The third kappa shape index (κ3) is 3.42. The second-order valence-corrected chi connectivity index (χ2v) is 7.82. The first-order valence-corrected chi connectivity index (χ1v) is 10.4. The summed E-state index contributed by atoms with van der Waals surface area (Å²) in [5.41, 5.74) is 5.22. The van der Waals surface area contributed by atoms with E-state index in [0.29, 0.717) is 0 Å². The van der Waals surface area contributed by atoms with Crippen LogP contribution in [0.2, 0.25) is 0 Å². The van der Waals surface area contributed by atoms with Crippen LogP contribution in [0.15, 0.2) is 66.7 Å². The number of likely N-dealkylation sites (N-methyl/N-ethyl adjacent to an activating group) is 1. The van der Waals surface area contributed by atoms with Crippen molar-refractivity contribution in [2.45, 2.75) is 0 Å². The van der Waals surface area contributed by atoms with Gasteiger partial charge in [-0.1, -0.05) is 30.3 Å². The highest BCUT2D eigenvalue weighted by molar-refractivity contribution is 6.10. The van der Waals surface area contributed by atoms with E-state index in [0.717, 1.165) is 65.1 Å². The van der Waals surface area contributed by atoms with Gasteiger partial charge in [-0.3, -0.25) is 0 Å². The van der Waals surface area contributed by atoms with Gasteiger partial charge in [-0.2, -0.15) is 0 Å². The van der Waals surface area contributed by atoms with E-state index in [-0.39, 0.29) is 0 Å². The number of anilines is 3. The fourth-order valence-corrected chi connectivity index (χ4v) is 4.15. The quantitative estimate of drug-likeness (QED) is 0.496. The van der Waals surface area contributed by atoms with Crippen molar-refractivity contribution in [2.24, 2.45) is 0 Å². The van der Waals surface area contributed by atoms with Crippen molar-refractivity contribution in [2.75, 3.05) is 50.6 Å². The van der Waals surface area contributed by atoms with Crippen LogP contribution in [0.1, 0.15) is 0 Å². The second kappa shape index (κ2) is 7.84. The van der Waals surface area contributed by atoms with E-state index in [4.69, 9.17) is 9.72 Å². The van der Waals surface area contributed by atoms with Gasteiger partial charge in [0, 0.05) is 48.3 Å². The summed E-state index contributed by atoms with van der Waals surface area (Å²) < 4.78 is 5.57. The van der Waals surface area contributed by atoms with Crippen LogP contribution in [0.5, 0.6) is 5.75 Å². The second-order valence-electron chi connectivity index (χ2n) is 7.82. The van der Waals surface area contributed by atoms with Crippen LogP contribution in [-0.2, 0) is 0 Å². The molecule has 1 aliphatic rings. The number of nitrogens with one attached hydrogen (secondary N) is 1. The zero-order valence-corrected chi connectivity index (χ0v) is 17.4. The smallest absolute Gasteiger partial charge is 0.145 e. The lowest BCUT2D eigenvalue weighted by atomic mass is 10.1. The summed E-state index contributed by atoms with van der Waals surface area (Å²) in [6.07, 6.45) is 0. The first kappa shape index (κ1) is 18.7. The fourth-order valence-electron chi connectivity index (χ4n) is 4.15. The number of benzene rings is 3. The molecule has 0 unspecified atom stereocenters. The Hall–Kier alpha value is -3.31. The molecule has 2 heterocycles. The van der Waals surface area contributed by atoms with Crippen LogP contribution in [0.25, 0.3) is 21.8 Å². The van der Waals surface area contributed by atoms with Gasteiger partial charge in [0.15, 0.2) is 0 Å². The molecular weight excluding hydrogens is 372 g/mol. The number of fused-ring (bicyclic) bond motifs is 2. The number of hydrogen-bond donors (Lipinski definition) is 1. The topological polar surface area (TPSA) is 40.6 Å². The number of ether oxygens (including phenoxy) is 1. The molecule has 5 nitrogen and oxygen atoms in total. The summed E-state index contributed by atoms with van der Waals surface area (Å²) in [5, 5.41) is 5.81. The molecule has 5 heteroatoms. The maximum absolute atomic E-state index is 5.57. The number of hydrogen-bond acceptors (Lipinski definition) is 5. The predicted octanol–water partition coefficient (Wildman–Crippen LogP) is 4.89. The summed E-state index contributed by atoms with van der Waals surface area (Å²) in [5.74, 6) is 0.784. The molecule has 1 saturated heterocycles. The highest BCUT2D eigenvalue weighted by Crippen LogP contribution is 2.36. The van der Waals surface area contributed by atoms with Crippen molar-refractivity contribution in [3.05, 3.63) is 66.7 Å². The number of methoxy groups -OCH3 is 1. The summed E-state index contributed by atoms with van der Waals surface area (Å²) in [7, 11) is 3.87. The van der Waals surface area contributed by atoms with Crippen LogP contribution in [0.4, 0.5) is 17.1 Å².